The Bertz CT molecular complexity index is 445. The minimum Gasteiger partial charge on any atom is -0.462 e. The highest BCUT2D eigenvalue weighted by atomic mass is 32.1. The molecule has 1 rings (SSSR count). The van der Waals surface area contributed by atoms with Crippen LogP contribution in [0.2, 0.25) is 0 Å². The summed E-state index contributed by atoms with van der Waals surface area (Å²) < 4.78 is 5.09. The summed E-state index contributed by atoms with van der Waals surface area (Å²) in [5.41, 5.74) is 0.266. The summed E-state index contributed by atoms with van der Waals surface area (Å²) in [5.74, 6) is -0.564. The molecule has 1 aromatic rings. The summed E-state index contributed by atoms with van der Waals surface area (Å²) >= 11 is 4.92. The molecule has 0 radical (unpaired) electrons. The summed E-state index contributed by atoms with van der Waals surface area (Å²) in [6.07, 6.45) is 1.52. The Morgan fingerprint density at radius 2 is 2.50 bits per heavy atom. The number of nitrogens with zero attached hydrogens (tertiary/aromatic N) is 1. The second-order valence-corrected chi connectivity index (χ2v) is 2.86. The number of rotatable bonds is 2. The first kappa shape index (κ1) is 10.4. The van der Waals surface area contributed by atoms with Gasteiger partial charge >= 0.3 is 5.97 Å². The van der Waals surface area contributed by atoms with Gasteiger partial charge in [-0.3, -0.25) is 0 Å². The van der Waals surface area contributed by atoms with Crippen LogP contribution in [0.15, 0.2) is 12.3 Å². The lowest BCUT2D eigenvalue weighted by Crippen LogP contribution is -2.08. The van der Waals surface area contributed by atoms with E-state index in [1.807, 2.05) is 6.07 Å². The number of hydrogen-bond donors (Lipinski definition) is 1. The number of carbonyl (C=O) groups excluding carboxylic acids is 1. The summed E-state index contributed by atoms with van der Waals surface area (Å²) in [6.45, 7) is 1.95. The third kappa shape index (κ3) is 1.98. The van der Waals surface area contributed by atoms with Gasteiger partial charge in [0, 0.05) is 6.20 Å². The van der Waals surface area contributed by atoms with Crippen molar-refractivity contribution in [3.05, 3.63) is 28.0 Å². The van der Waals surface area contributed by atoms with Gasteiger partial charge in [-0.25, -0.2) is 4.79 Å². The summed E-state index contributed by atoms with van der Waals surface area (Å²) in [7, 11) is 0. The van der Waals surface area contributed by atoms with Crippen molar-refractivity contribution in [1.82, 2.24) is 4.98 Å². The highest BCUT2D eigenvalue weighted by Gasteiger charge is 2.14. The van der Waals surface area contributed by atoms with Crippen LogP contribution in [-0.4, -0.2) is 17.6 Å². The lowest BCUT2D eigenvalue weighted by atomic mass is 10.2. The third-order valence-corrected chi connectivity index (χ3v) is 1.89. The summed E-state index contributed by atoms with van der Waals surface area (Å²) in [6, 6.07) is 3.40. The minimum atomic E-state index is -0.564. The lowest BCUT2D eigenvalue weighted by molar-refractivity contribution is 0.0525. The highest BCUT2D eigenvalue weighted by Crippen LogP contribution is 2.08. The van der Waals surface area contributed by atoms with E-state index in [0.29, 0.717) is 4.51 Å². The molecule has 0 aliphatic carbocycles. The van der Waals surface area contributed by atoms with Crippen molar-refractivity contribution in [2.45, 2.75) is 6.92 Å². The molecule has 1 heterocycles. The van der Waals surface area contributed by atoms with Crippen molar-refractivity contribution < 1.29 is 9.53 Å². The number of pyridine rings is 1. The van der Waals surface area contributed by atoms with Crippen LogP contribution in [0, 0.1) is 15.8 Å². The second kappa shape index (κ2) is 4.53. The monoisotopic (exact) mass is 208 g/mol. The molecule has 0 amide bonds. The molecule has 1 N–H and O–H groups in total. The van der Waals surface area contributed by atoms with E-state index in [0.717, 1.165) is 0 Å². The van der Waals surface area contributed by atoms with Crippen LogP contribution in [0.1, 0.15) is 23.0 Å². The number of H-pyrrole nitrogens is 1. The average molecular weight is 208 g/mol. The molecule has 0 spiro atoms. The van der Waals surface area contributed by atoms with Crippen LogP contribution in [0.4, 0.5) is 0 Å². The first-order valence-electron chi connectivity index (χ1n) is 3.99. The normalized spacial score (nSPS) is 9.14. The molecule has 14 heavy (non-hydrogen) atoms. The van der Waals surface area contributed by atoms with Gasteiger partial charge in [-0.05, 0) is 13.0 Å². The summed E-state index contributed by atoms with van der Waals surface area (Å²) in [4.78, 5) is 14.0. The van der Waals surface area contributed by atoms with Crippen molar-refractivity contribution in [3.8, 4) is 6.07 Å². The number of hydrogen-bond acceptors (Lipinski definition) is 4. The predicted molar refractivity (Wildman–Crippen MR) is 52.3 cm³/mol. The van der Waals surface area contributed by atoms with E-state index in [1.165, 1.54) is 6.20 Å². The van der Waals surface area contributed by atoms with E-state index in [4.69, 9.17) is 22.2 Å². The molecule has 0 aliphatic rings. The Balaban J connectivity index is 3.26. The van der Waals surface area contributed by atoms with Crippen LogP contribution in [-0.2, 0) is 4.74 Å². The van der Waals surface area contributed by atoms with Crippen molar-refractivity contribution in [2.24, 2.45) is 0 Å². The van der Waals surface area contributed by atoms with Gasteiger partial charge in [-0.2, -0.15) is 5.26 Å². The predicted octanol–water partition coefficient (Wildman–Crippen LogP) is 1.79. The third-order valence-electron chi connectivity index (χ3n) is 1.55. The summed E-state index contributed by atoms with van der Waals surface area (Å²) in [5, 5.41) is 8.72. The molecule has 1 aromatic heterocycles. The fourth-order valence-corrected chi connectivity index (χ4v) is 1.23. The molecule has 0 aliphatic heterocycles. The quantitative estimate of drug-likeness (QED) is 0.594. The highest BCUT2D eigenvalue weighted by molar-refractivity contribution is 7.71. The largest absolute Gasteiger partial charge is 0.462 e. The fraction of sp³-hybridized carbons (Fsp3) is 0.222. The zero-order chi connectivity index (χ0) is 10.6. The van der Waals surface area contributed by atoms with Crippen LogP contribution in [0.5, 0.6) is 0 Å². The smallest absolute Gasteiger partial charge is 0.342 e. The molecular weight excluding hydrogens is 200 g/mol. The number of nitriles is 1. The topological polar surface area (TPSA) is 65.9 Å². The van der Waals surface area contributed by atoms with Crippen molar-refractivity contribution >= 4 is 18.2 Å². The van der Waals surface area contributed by atoms with E-state index < -0.39 is 5.97 Å². The van der Waals surface area contributed by atoms with E-state index in [2.05, 4.69) is 4.98 Å². The maximum absolute atomic E-state index is 11.4. The Labute approximate surface area is 86.1 Å². The van der Waals surface area contributed by atoms with Gasteiger partial charge in [0.1, 0.15) is 17.3 Å². The van der Waals surface area contributed by atoms with E-state index in [1.54, 1.807) is 13.0 Å². The van der Waals surface area contributed by atoms with Gasteiger partial charge in [0.15, 0.2) is 0 Å². The molecule has 0 fully saturated rings. The molecule has 0 bridgehead atoms. The molecule has 0 saturated heterocycles. The van der Waals surface area contributed by atoms with Crippen molar-refractivity contribution in [3.63, 3.8) is 0 Å². The van der Waals surface area contributed by atoms with E-state index in [9.17, 15) is 4.79 Å². The molecule has 0 saturated carbocycles. The van der Waals surface area contributed by atoms with Crippen LogP contribution in [0.25, 0.3) is 0 Å². The molecule has 4 nitrogen and oxygen atoms in total. The van der Waals surface area contributed by atoms with E-state index >= 15 is 0 Å². The standard InChI is InChI=1S/C9H8N2O2S/c1-2-13-9(12)8-6(5-10)11-4-3-7(8)14/h3-4H,2H2,1H3,(H,11,14). The van der Waals surface area contributed by atoms with Crippen molar-refractivity contribution in [2.75, 3.05) is 6.61 Å². The average Bonchev–Trinajstić information content (AvgIpc) is 2.17. The maximum atomic E-state index is 11.4. The first-order chi connectivity index (χ1) is 6.70. The van der Waals surface area contributed by atoms with Crippen LogP contribution >= 0.6 is 12.2 Å². The Morgan fingerprint density at radius 3 is 3.07 bits per heavy atom. The van der Waals surface area contributed by atoms with E-state index in [-0.39, 0.29) is 17.9 Å². The number of carbonyl (C=O) groups is 1. The Kier molecular flexibility index (Phi) is 3.37. The number of aromatic amines is 1. The van der Waals surface area contributed by atoms with Gasteiger partial charge < -0.3 is 9.72 Å². The molecule has 0 unspecified atom stereocenters. The molecule has 5 heteroatoms. The van der Waals surface area contributed by atoms with Crippen molar-refractivity contribution in [1.29, 1.82) is 5.26 Å². The van der Waals surface area contributed by atoms with Crippen LogP contribution < -0.4 is 0 Å². The zero-order valence-corrected chi connectivity index (χ0v) is 8.35. The van der Waals surface area contributed by atoms with Crippen LogP contribution in [0.3, 0.4) is 0 Å². The van der Waals surface area contributed by atoms with Gasteiger partial charge in [-0.15, -0.1) is 0 Å². The zero-order valence-electron chi connectivity index (χ0n) is 7.53. The number of esters is 1. The Morgan fingerprint density at radius 1 is 1.79 bits per heavy atom. The molecule has 0 atom stereocenters. The minimum absolute atomic E-state index is 0.131. The number of ether oxygens (including phenoxy) is 1. The lowest BCUT2D eigenvalue weighted by Gasteiger charge is -2.02. The SMILES string of the molecule is CCOC(=O)c1c(C#N)[nH]ccc1=S. The molecule has 0 aromatic carbocycles. The van der Waals surface area contributed by atoms with Gasteiger partial charge in [0.2, 0.25) is 0 Å². The second-order valence-electron chi connectivity index (χ2n) is 2.42. The van der Waals surface area contributed by atoms with Gasteiger partial charge in [0.25, 0.3) is 0 Å². The number of aromatic nitrogens is 1. The van der Waals surface area contributed by atoms with Gasteiger partial charge in [0.05, 0.1) is 11.1 Å². The Hall–Kier alpha value is -1.67. The van der Waals surface area contributed by atoms with Gasteiger partial charge in [-0.1, -0.05) is 12.2 Å². The molecular formula is C9H8N2O2S. The maximum Gasteiger partial charge on any atom is 0.342 e. The fourth-order valence-electron chi connectivity index (χ4n) is 0.973. The molecule has 72 valence electrons. The number of nitrogens with one attached hydrogen (secondary N) is 1. The first-order valence-corrected chi connectivity index (χ1v) is 4.40.